The molecule has 3 nitrogen and oxygen atoms in total. The lowest BCUT2D eigenvalue weighted by Gasteiger charge is -2.17. The zero-order valence-corrected chi connectivity index (χ0v) is 9.38. The third kappa shape index (κ3) is 3.35. The third-order valence-corrected chi connectivity index (χ3v) is 2.31. The van der Waals surface area contributed by atoms with Crippen molar-refractivity contribution in [2.45, 2.75) is 19.3 Å². The summed E-state index contributed by atoms with van der Waals surface area (Å²) in [4.78, 5) is 10.6. The summed E-state index contributed by atoms with van der Waals surface area (Å²) in [5.41, 5.74) is 0.582. The maximum atomic E-state index is 12.7. The monoisotopic (exact) mass is 265 g/mol. The van der Waals surface area contributed by atoms with E-state index in [9.17, 15) is 22.4 Å². The molecule has 0 aromatic heterocycles. The number of rotatable bonds is 5. The molecular formula is C11H11F4NO2. The molecule has 7 heteroatoms. The van der Waals surface area contributed by atoms with E-state index in [2.05, 4.69) is 5.32 Å². The van der Waals surface area contributed by atoms with E-state index < -0.39 is 24.9 Å². The summed E-state index contributed by atoms with van der Waals surface area (Å²) >= 11 is 0. The van der Waals surface area contributed by atoms with Crippen LogP contribution in [-0.2, 0) is 0 Å². The van der Waals surface area contributed by atoms with Crippen molar-refractivity contribution in [1.29, 1.82) is 0 Å². The van der Waals surface area contributed by atoms with Crippen LogP contribution in [-0.4, -0.2) is 30.0 Å². The van der Waals surface area contributed by atoms with Gasteiger partial charge >= 0.3 is 18.3 Å². The largest absolute Gasteiger partial charge is 0.478 e. The van der Waals surface area contributed by atoms with E-state index >= 15 is 0 Å². The first kappa shape index (κ1) is 14.3. The Morgan fingerprint density at radius 3 is 2.50 bits per heavy atom. The maximum absolute atomic E-state index is 12.7. The highest BCUT2D eigenvalue weighted by Gasteiger charge is 2.40. The van der Waals surface area contributed by atoms with Crippen LogP contribution in [0.25, 0.3) is 0 Å². The van der Waals surface area contributed by atoms with E-state index in [0.717, 1.165) is 0 Å². The number of hydrogen-bond donors (Lipinski definition) is 2. The van der Waals surface area contributed by atoms with Crippen LogP contribution in [0.5, 0.6) is 0 Å². The molecule has 2 N–H and O–H groups in total. The Morgan fingerprint density at radius 1 is 1.44 bits per heavy atom. The van der Waals surface area contributed by atoms with Crippen LogP contribution in [0.2, 0.25) is 0 Å². The van der Waals surface area contributed by atoms with Gasteiger partial charge in [0.15, 0.2) is 0 Å². The average Bonchev–Trinajstić information content (AvgIpc) is 2.26. The third-order valence-electron chi connectivity index (χ3n) is 2.31. The van der Waals surface area contributed by atoms with Crippen LogP contribution in [0, 0.1) is 6.92 Å². The van der Waals surface area contributed by atoms with E-state index in [1.807, 2.05) is 0 Å². The van der Waals surface area contributed by atoms with E-state index in [4.69, 9.17) is 5.11 Å². The number of carboxylic acid groups (broad SMARTS) is 1. The molecule has 0 aliphatic carbocycles. The molecule has 0 atom stereocenters. The van der Waals surface area contributed by atoms with Crippen molar-refractivity contribution in [3.05, 3.63) is 29.3 Å². The fourth-order valence-electron chi connectivity index (χ4n) is 1.29. The summed E-state index contributed by atoms with van der Waals surface area (Å²) < 4.78 is 49.2. The minimum Gasteiger partial charge on any atom is -0.478 e. The molecule has 0 bridgehead atoms. The van der Waals surface area contributed by atoms with Crippen molar-refractivity contribution in [1.82, 2.24) is 0 Å². The second kappa shape index (κ2) is 5.24. The Morgan fingerprint density at radius 2 is 2.06 bits per heavy atom. The van der Waals surface area contributed by atoms with Gasteiger partial charge in [0.1, 0.15) is 0 Å². The van der Waals surface area contributed by atoms with Crippen LogP contribution in [0.3, 0.4) is 0 Å². The lowest BCUT2D eigenvalue weighted by molar-refractivity contribution is -0.117. The highest BCUT2D eigenvalue weighted by molar-refractivity contribution is 5.88. The minimum atomic E-state index is -4.13. The molecule has 100 valence electrons. The average molecular weight is 265 g/mol. The molecule has 0 aliphatic heterocycles. The molecule has 0 aliphatic rings. The van der Waals surface area contributed by atoms with Crippen molar-refractivity contribution in [2.24, 2.45) is 0 Å². The second-order valence-electron chi connectivity index (χ2n) is 3.75. The number of benzene rings is 1. The molecule has 0 unspecified atom stereocenters. The summed E-state index contributed by atoms with van der Waals surface area (Å²) in [6.45, 7) is 0.285. The molecule has 0 amide bonds. The number of aromatic carboxylic acids is 1. The highest BCUT2D eigenvalue weighted by atomic mass is 19.3. The first-order chi connectivity index (χ1) is 8.24. The first-order valence-corrected chi connectivity index (χ1v) is 4.98. The molecule has 1 aromatic rings. The molecule has 0 fully saturated rings. The fourth-order valence-corrected chi connectivity index (χ4v) is 1.29. The van der Waals surface area contributed by atoms with E-state index in [0.29, 0.717) is 5.56 Å². The van der Waals surface area contributed by atoms with Gasteiger partial charge in [-0.2, -0.15) is 8.78 Å². The Balaban J connectivity index is 2.78. The molecule has 0 heterocycles. The normalized spacial score (nSPS) is 11.7. The molecule has 18 heavy (non-hydrogen) atoms. The van der Waals surface area contributed by atoms with Gasteiger partial charge in [-0.25, -0.2) is 13.6 Å². The SMILES string of the molecule is Cc1cc(C(=O)O)ccc1NCC(F)(F)C(F)F. The van der Waals surface area contributed by atoms with Crippen LogP contribution >= 0.6 is 0 Å². The summed E-state index contributed by atoms with van der Waals surface area (Å²) in [7, 11) is 0. The zero-order chi connectivity index (χ0) is 13.9. The number of alkyl halides is 4. The maximum Gasteiger partial charge on any atom is 0.335 e. The van der Waals surface area contributed by atoms with Gasteiger partial charge in [0, 0.05) is 5.69 Å². The summed E-state index contributed by atoms with van der Waals surface area (Å²) in [5, 5.41) is 10.9. The molecule has 0 radical (unpaired) electrons. The van der Waals surface area contributed by atoms with Crippen LogP contribution < -0.4 is 5.32 Å². The lowest BCUT2D eigenvalue weighted by atomic mass is 10.1. The lowest BCUT2D eigenvalue weighted by Crippen LogP contribution is -2.34. The van der Waals surface area contributed by atoms with Gasteiger partial charge in [-0.3, -0.25) is 0 Å². The molecule has 0 spiro atoms. The summed E-state index contributed by atoms with van der Waals surface area (Å²) in [5.74, 6) is -5.28. The predicted molar refractivity (Wildman–Crippen MR) is 57.6 cm³/mol. The molecule has 1 aromatic carbocycles. The molecule has 1 rings (SSSR count). The van der Waals surface area contributed by atoms with E-state index in [1.54, 1.807) is 0 Å². The van der Waals surface area contributed by atoms with Crippen molar-refractivity contribution < 1.29 is 27.5 Å². The van der Waals surface area contributed by atoms with Gasteiger partial charge in [0.2, 0.25) is 0 Å². The first-order valence-electron chi connectivity index (χ1n) is 4.98. The molecular weight excluding hydrogens is 254 g/mol. The zero-order valence-electron chi connectivity index (χ0n) is 9.38. The van der Waals surface area contributed by atoms with Gasteiger partial charge in [-0.1, -0.05) is 0 Å². The van der Waals surface area contributed by atoms with Gasteiger partial charge in [-0.05, 0) is 30.7 Å². The standard InChI is InChI=1S/C11H11F4NO2/c1-6-4-7(9(17)18)2-3-8(6)16-5-11(14,15)10(12)13/h2-4,10,16H,5H2,1H3,(H,17,18). The molecule has 0 saturated heterocycles. The number of nitrogens with one attached hydrogen (secondary N) is 1. The van der Waals surface area contributed by atoms with Gasteiger partial charge in [0.05, 0.1) is 12.1 Å². The number of carbonyl (C=O) groups is 1. The highest BCUT2D eigenvalue weighted by Crippen LogP contribution is 2.24. The number of aryl methyl sites for hydroxylation is 1. The van der Waals surface area contributed by atoms with Crippen molar-refractivity contribution in [2.75, 3.05) is 11.9 Å². The van der Waals surface area contributed by atoms with Crippen molar-refractivity contribution in [3.8, 4) is 0 Å². The van der Waals surface area contributed by atoms with Gasteiger partial charge in [-0.15, -0.1) is 0 Å². The van der Waals surface area contributed by atoms with Crippen LogP contribution in [0.4, 0.5) is 23.2 Å². The Bertz CT molecular complexity index is 449. The molecule has 0 saturated carbocycles. The van der Waals surface area contributed by atoms with Crippen LogP contribution in [0.1, 0.15) is 15.9 Å². The summed E-state index contributed by atoms with van der Waals surface area (Å²) in [6, 6.07) is 3.74. The van der Waals surface area contributed by atoms with Crippen LogP contribution in [0.15, 0.2) is 18.2 Å². The smallest absolute Gasteiger partial charge is 0.335 e. The fraction of sp³-hybridized carbons (Fsp3) is 0.364. The van der Waals surface area contributed by atoms with Crippen molar-refractivity contribution >= 4 is 11.7 Å². The topological polar surface area (TPSA) is 49.3 Å². The predicted octanol–water partition coefficient (Wildman–Crippen LogP) is 3.01. The van der Waals surface area contributed by atoms with Gasteiger partial charge < -0.3 is 10.4 Å². The number of anilines is 1. The summed E-state index contributed by atoms with van der Waals surface area (Å²) in [6.07, 6.45) is -3.75. The van der Waals surface area contributed by atoms with E-state index in [1.165, 1.54) is 25.1 Å². The Labute approximate surface area is 100 Å². The Hall–Kier alpha value is -1.79. The second-order valence-corrected chi connectivity index (χ2v) is 3.75. The minimum absolute atomic E-state index is 0.00123. The number of halogens is 4. The van der Waals surface area contributed by atoms with Crippen molar-refractivity contribution in [3.63, 3.8) is 0 Å². The number of carboxylic acids is 1. The van der Waals surface area contributed by atoms with Gasteiger partial charge in [0.25, 0.3) is 0 Å². The number of hydrogen-bond acceptors (Lipinski definition) is 2. The quantitative estimate of drug-likeness (QED) is 0.804. The van der Waals surface area contributed by atoms with E-state index in [-0.39, 0.29) is 11.3 Å². The Kier molecular flexibility index (Phi) is 4.15.